The summed E-state index contributed by atoms with van der Waals surface area (Å²) in [4.78, 5) is 13.4. The molecule has 3 heterocycles. The summed E-state index contributed by atoms with van der Waals surface area (Å²) < 4.78 is 47.1. The number of hydrogen-bond acceptors (Lipinski definition) is 6. The first-order valence-corrected chi connectivity index (χ1v) is 12.6. The van der Waals surface area contributed by atoms with Gasteiger partial charge in [-0.2, -0.15) is 8.78 Å². The molecule has 0 saturated carbocycles. The number of nitrogens with one attached hydrogen (secondary N) is 2. The van der Waals surface area contributed by atoms with E-state index in [1.165, 1.54) is 17.1 Å². The highest BCUT2D eigenvalue weighted by Gasteiger charge is 2.31. The van der Waals surface area contributed by atoms with Crippen molar-refractivity contribution in [1.29, 1.82) is 0 Å². The fourth-order valence-electron chi connectivity index (χ4n) is 4.99. The molecule has 6 rings (SSSR count). The lowest BCUT2D eigenvalue weighted by Crippen LogP contribution is -2.40. The van der Waals surface area contributed by atoms with E-state index in [4.69, 9.17) is 14.2 Å². The molecule has 10 heteroatoms. The van der Waals surface area contributed by atoms with Gasteiger partial charge in [0.05, 0.1) is 12.2 Å². The Bertz CT molecular complexity index is 1460. The highest BCUT2D eigenvalue weighted by atomic mass is 19.3. The van der Waals surface area contributed by atoms with Crippen molar-refractivity contribution in [2.75, 3.05) is 25.1 Å². The molecule has 3 aliphatic heterocycles. The first kappa shape index (κ1) is 24.8. The van der Waals surface area contributed by atoms with Gasteiger partial charge in [0.1, 0.15) is 30.3 Å². The van der Waals surface area contributed by atoms with Gasteiger partial charge in [-0.15, -0.1) is 0 Å². The van der Waals surface area contributed by atoms with Crippen LogP contribution in [0.25, 0.3) is 11.3 Å². The Morgan fingerprint density at radius 3 is 2.46 bits per heavy atom. The number of urea groups is 1. The van der Waals surface area contributed by atoms with Gasteiger partial charge in [0.2, 0.25) is 0 Å². The second-order valence-electron chi connectivity index (χ2n) is 10.1. The maximum absolute atomic E-state index is 13.4. The summed E-state index contributed by atoms with van der Waals surface area (Å²) in [6.07, 6.45) is 0.749. The van der Waals surface area contributed by atoms with Crippen LogP contribution in [0, 0.1) is 0 Å². The lowest BCUT2D eigenvalue weighted by Gasteiger charge is -2.20. The zero-order valence-corrected chi connectivity index (χ0v) is 21.4. The molecule has 3 aromatic rings. The molecule has 3 aromatic carbocycles. The summed E-state index contributed by atoms with van der Waals surface area (Å²) in [7, 11) is 0. The number of halogens is 2. The van der Waals surface area contributed by atoms with E-state index in [0.717, 1.165) is 28.9 Å². The average molecular weight is 536 g/mol. The Balaban J connectivity index is 1.27. The molecule has 2 N–H and O–H groups in total. The van der Waals surface area contributed by atoms with E-state index in [2.05, 4.69) is 15.5 Å². The zero-order chi connectivity index (χ0) is 27.1. The summed E-state index contributed by atoms with van der Waals surface area (Å²) in [5.41, 5.74) is 7.63. The van der Waals surface area contributed by atoms with Crippen LogP contribution in [0.15, 0.2) is 60.7 Å². The first-order valence-electron chi connectivity index (χ1n) is 12.6. The van der Waals surface area contributed by atoms with Gasteiger partial charge in [-0.3, -0.25) is 5.43 Å². The number of anilines is 1. The van der Waals surface area contributed by atoms with Gasteiger partial charge in [-0.1, -0.05) is 6.07 Å². The number of carbonyl (C=O) groups excluding carboxylic acids is 1. The van der Waals surface area contributed by atoms with Crippen molar-refractivity contribution < 1.29 is 32.5 Å². The number of alkyl halides is 2. The van der Waals surface area contributed by atoms with Crippen molar-refractivity contribution in [3.05, 3.63) is 77.4 Å². The number of fused-ring (bicyclic) bond motifs is 2. The van der Waals surface area contributed by atoms with Crippen LogP contribution in [0.4, 0.5) is 19.3 Å². The van der Waals surface area contributed by atoms with Crippen LogP contribution in [0.3, 0.4) is 0 Å². The van der Waals surface area contributed by atoms with Crippen LogP contribution < -0.4 is 29.7 Å². The largest absolute Gasteiger partial charge is 0.487 e. The molecule has 8 nitrogen and oxygen atoms in total. The van der Waals surface area contributed by atoms with Gasteiger partial charge in [0, 0.05) is 28.8 Å². The first-order chi connectivity index (χ1) is 18.7. The minimum absolute atomic E-state index is 0.0478. The van der Waals surface area contributed by atoms with E-state index in [1.54, 1.807) is 12.1 Å². The molecule has 0 atom stereocenters. The predicted octanol–water partition coefficient (Wildman–Crippen LogP) is 5.69. The Labute approximate surface area is 224 Å². The maximum Gasteiger partial charge on any atom is 0.387 e. The summed E-state index contributed by atoms with van der Waals surface area (Å²) in [6, 6.07) is 17.1. The van der Waals surface area contributed by atoms with Crippen LogP contribution in [0.5, 0.6) is 23.0 Å². The molecular formula is C29H27F2N3O5. The van der Waals surface area contributed by atoms with Crippen molar-refractivity contribution in [1.82, 2.24) is 10.4 Å². The van der Waals surface area contributed by atoms with E-state index in [9.17, 15) is 13.6 Å². The number of rotatable bonds is 5. The molecule has 2 amide bonds. The van der Waals surface area contributed by atoms with Gasteiger partial charge >= 0.3 is 12.6 Å². The molecule has 0 unspecified atom stereocenters. The summed E-state index contributed by atoms with van der Waals surface area (Å²) >= 11 is 0. The van der Waals surface area contributed by atoms with Crippen molar-refractivity contribution in [2.24, 2.45) is 0 Å². The van der Waals surface area contributed by atoms with E-state index < -0.39 is 6.61 Å². The Morgan fingerprint density at radius 2 is 1.69 bits per heavy atom. The molecule has 0 aliphatic carbocycles. The number of nitrogens with zero attached hydrogens (tertiary/aromatic N) is 1. The minimum Gasteiger partial charge on any atom is -0.487 e. The van der Waals surface area contributed by atoms with E-state index in [0.29, 0.717) is 41.7 Å². The highest BCUT2D eigenvalue weighted by molar-refractivity contribution is 5.98. The molecule has 0 radical (unpaired) electrons. The average Bonchev–Trinajstić information content (AvgIpc) is 3.48. The standard InChI is InChI=1S/C29H27F2N3O5/c1-29(2)15-19-13-20(6-10-23(19)39-29)32-28(35)34-16-22(18-5-9-24-25(14-18)37-12-11-36-24)26(33-34)17-3-7-21(8-4-17)38-27(30)31/h3-10,13-14,27,33H,11-12,15-16H2,1-2H3,(H,32,35). The van der Waals surface area contributed by atoms with Gasteiger partial charge in [-0.05, 0) is 74.0 Å². The lowest BCUT2D eigenvalue weighted by atomic mass is 10.00. The fourth-order valence-corrected chi connectivity index (χ4v) is 4.99. The monoisotopic (exact) mass is 535 g/mol. The molecule has 0 bridgehead atoms. The third kappa shape index (κ3) is 5.14. The SMILES string of the molecule is CC1(C)Cc2cc(NC(=O)N3CC(c4ccc5c(c4)OCCO5)=C(c4ccc(OC(F)F)cc4)N3)ccc2O1. The lowest BCUT2D eigenvalue weighted by molar-refractivity contribution is -0.0498. The second kappa shape index (κ2) is 9.68. The predicted molar refractivity (Wildman–Crippen MR) is 141 cm³/mol. The molecule has 0 spiro atoms. The molecule has 39 heavy (non-hydrogen) atoms. The van der Waals surface area contributed by atoms with Crippen LogP contribution in [0.2, 0.25) is 0 Å². The normalized spacial score (nSPS) is 17.0. The number of hydrogen-bond donors (Lipinski definition) is 2. The minimum atomic E-state index is -2.91. The zero-order valence-electron chi connectivity index (χ0n) is 21.4. The summed E-state index contributed by atoms with van der Waals surface area (Å²) in [6.45, 7) is 2.32. The van der Waals surface area contributed by atoms with Crippen molar-refractivity contribution >= 4 is 23.0 Å². The number of carbonyl (C=O) groups is 1. The maximum atomic E-state index is 13.4. The van der Waals surface area contributed by atoms with Crippen LogP contribution in [-0.4, -0.2) is 43.0 Å². The number of benzene rings is 3. The Hall–Kier alpha value is -4.47. The van der Waals surface area contributed by atoms with Crippen LogP contribution >= 0.6 is 0 Å². The molecule has 3 aliphatic rings. The number of ether oxygens (including phenoxy) is 4. The van der Waals surface area contributed by atoms with Gasteiger partial charge in [0.25, 0.3) is 0 Å². The van der Waals surface area contributed by atoms with Crippen LogP contribution in [-0.2, 0) is 6.42 Å². The van der Waals surface area contributed by atoms with E-state index in [1.807, 2.05) is 50.2 Å². The van der Waals surface area contributed by atoms with E-state index in [-0.39, 0.29) is 23.9 Å². The van der Waals surface area contributed by atoms with Gasteiger partial charge in [-0.25, -0.2) is 9.80 Å². The third-order valence-electron chi connectivity index (χ3n) is 6.68. The smallest absolute Gasteiger partial charge is 0.387 e. The Kier molecular flexibility index (Phi) is 6.17. The van der Waals surface area contributed by atoms with Gasteiger partial charge in [0.15, 0.2) is 11.5 Å². The van der Waals surface area contributed by atoms with Crippen LogP contribution in [0.1, 0.15) is 30.5 Å². The number of hydrazine groups is 1. The summed E-state index contributed by atoms with van der Waals surface area (Å²) in [5.74, 6) is 2.15. The molecule has 0 aromatic heterocycles. The molecular weight excluding hydrogens is 508 g/mol. The third-order valence-corrected chi connectivity index (χ3v) is 6.68. The van der Waals surface area contributed by atoms with Crippen molar-refractivity contribution in [2.45, 2.75) is 32.5 Å². The molecule has 0 saturated heterocycles. The molecule has 0 fully saturated rings. The van der Waals surface area contributed by atoms with Crippen molar-refractivity contribution in [3.8, 4) is 23.0 Å². The highest BCUT2D eigenvalue weighted by Crippen LogP contribution is 2.38. The van der Waals surface area contributed by atoms with Crippen molar-refractivity contribution in [3.63, 3.8) is 0 Å². The quantitative estimate of drug-likeness (QED) is 0.437. The topological polar surface area (TPSA) is 81.3 Å². The summed E-state index contributed by atoms with van der Waals surface area (Å²) in [5, 5.41) is 4.43. The second-order valence-corrected chi connectivity index (χ2v) is 10.1. The fraction of sp³-hybridized carbons (Fsp3) is 0.276. The van der Waals surface area contributed by atoms with Gasteiger partial charge < -0.3 is 24.3 Å². The van der Waals surface area contributed by atoms with E-state index >= 15 is 0 Å². The molecule has 202 valence electrons. The Morgan fingerprint density at radius 1 is 0.974 bits per heavy atom. The number of amides is 2.